The first-order valence-electron chi connectivity index (χ1n) is 7.81. The molecule has 3 rings (SSSR count). The molecule has 0 spiro atoms. The molecule has 0 bridgehead atoms. The van der Waals surface area contributed by atoms with Gasteiger partial charge in [0.15, 0.2) is 5.69 Å². The van der Waals surface area contributed by atoms with Crippen LogP contribution in [-0.4, -0.2) is 35.2 Å². The standard InChI is InChI=1S/C17H17FN2O4S/c18-12-3-1-11(2-4-12)17(5-7-24-8-6-17)16(23)19-9-14-20-13(10-25-14)15(21)22/h1-4,10H,5-9H2,(H,19,23)(H,21,22). The highest BCUT2D eigenvalue weighted by molar-refractivity contribution is 7.09. The third-order valence-electron chi connectivity index (χ3n) is 4.35. The number of benzene rings is 1. The van der Waals surface area contributed by atoms with Crippen molar-refractivity contribution < 1.29 is 23.8 Å². The molecule has 1 aliphatic heterocycles. The number of aromatic carboxylic acids is 1. The Hall–Kier alpha value is -2.32. The maximum Gasteiger partial charge on any atom is 0.355 e. The van der Waals surface area contributed by atoms with Gasteiger partial charge in [0.25, 0.3) is 0 Å². The third kappa shape index (κ3) is 3.69. The summed E-state index contributed by atoms with van der Waals surface area (Å²) >= 11 is 1.18. The summed E-state index contributed by atoms with van der Waals surface area (Å²) in [6.45, 7) is 1.05. The van der Waals surface area contributed by atoms with Crippen molar-refractivity contribution in [2.75, 3.05) is 13.2 Å². The quantitative estimate of drug-likeness (QED) is 0.850. The van der Waals surface area contributed by atoms with Gasteiger partial charge in [0.05, 0.1) is 12.0 Å². The summed E-state index contributed by atoms with van der Waals surface area (Å²) in [5.74, 6) is -1.63. The van der Waals surface area contributed by atoms with Crippen LogP contribution >= 0.6 is 11.3 Å². The van der Waals surface area contributed by atoms with Crippen LogP contribution in [0.2, 0.25) is 0 Å². The smallest absolute Gasteiger partial charge is 0.355 e. The molecule has 0 saturated carbocycles. The van der Waals surface area contributed by atoms with Crippen molar-refractivity contribution in [2.45, 2.75) is 24.8 Å². The van der Waals surface area contributed by atoms with Crippen molar-refractivity contribution in [1.29, 1.82) is 0 Å². The van der Waals surface area contributed by atoms with E-state index in [-0.39, 0.29) is 24.0 Å². The Morgan fingerprint density at radius 1 is 1.28 bits per heavy atom. The summed E-state index contributed by atoms with van der Waals surface area (Å²) in [6.07, 6.45) is 1.01. The summed E-state index contributed by atoms with van der Waals surface area (Å²) < 4.78 is 18.6. The highest BCUT2D eigenvalue weighted by atomic mass is 32.1. The molecule has 0 atom stereocenters. The van der Waals surface area contributed by atoms with E-state index >= 15 is 0 Å². The summed E-state index contributed by atoms with van der Waals surface area (Å²) in [5.41, 5.74) is -0.0626. The van der Waals surface area contributed by atoms with Gasteiger partial charge >= 0.3 is 5.97 Å². The molecule has 1 saturated heterocycles. The van der Waals surface area contributed by atoms with E-state index in [2.05, 4.69) is 10.3 Å². The van der Waals surface area contributed by atoms with Crippen molar-refractivity contribution in [1.82, 2.24) is 10.3 Å². The van der Waals surface area contributed by atoms with Crippen LogP contribution in [0.5, 0.6) is 0 Å². The molecule has 1 aromatic heterocycles. The molecule has 2 aromatic rings. The average molecular weight is 364 g/mol. The van der Waals surface area contributed by atoms with Crippen LogP contribution < -0.4 is 5.32 Å². The molecule has 2 N–H and O–H groups in total. The Labute approximate surface area is 147 Å². The lowest BCUT2D eigenvalue weighted by atomic mass is 9.73. The zero-order valence-corrected chi connectivity index (χ0v) is 14.1. The third-order valence-corrected chi connectivity index (χ3v) is 5.20. The SMILES string of the molecule is O=C(O)c1csc(CNC(=O)C2(c3ccc(F)cc3)CCOCC2)n1. The molecule has 1 amide bonds. The number of nitrogens with zero attached hydrogens (tertiary/aromatic N) is 1. The van der Waals surface area contributed by atoms with Gasteiger partial charge in [-0.25, -0.2) is 14.2 Å². The van der Waals surface area contributed by atoms with E-state index in [0.717, 1.165) is 5.56 Å². The molecule has 0 aliphatic carbocycles. The van der Waals surface area contributed by atoms with Gasteiger partial charge < -0.3 is 15.2 Å². The van der Waals surface area contributed by atoms with E-state index in [1.807, 2.05) is 0 Å². The highest BCUT2D eigenvalue weighted by Crippen LogP contribution is 2.35. The Bertz CT molecular complexity index is 769. The number of thiazole rings is 1. The molecule has 8 heteroatoms. The topological polar surface area (TPSA) is 88.5 Å². The first kappa shape index (κ1) is 17.5. The van der Waals surface area contributed by atoms with Gasteiger partial charge in [0.1, 0.15) is 10.8 Å². The number of carboxylic acids is 1. The van der Waals surface area contributed by atoms with Gasteiger partial charge in [-0.15, -0.1) is 11.3 Å². The summed E-state index contributed by atoms with van der Waals surface area (Å²) in [7, 11) is 0. The molecule has 2 heterocycles. The van der Waals surface area contributed by atoms with Crippen LogP contribution in [0.15, 0.2) is 29.6 Å². The lowest BCUT2D eigenvalue weighted by Gasteiger charge is -2.36. The first-order chi connectivity index (χ1) is 12.0. The second kappa shape index (κ2) is 7.28. The van der Waals surface area contributed by atoms with E-state index in [9.17, 15) is 14.0 Å². The van der Waals surface area contributed by atoms with Gasteiger partial charge in [-0.1, -0.05) is 12.1 Å². The summed E-state index contributed by atoms with van der Waals surface area (Å²) in [5, 5.41) is 13.7. The minimum Gasteiger partial charge on any atom is -0.476 e. The normalized spacial score (nSPS) is 16.4. The number of hydrogen-bond donors (Lipinski definition) is 2. The van der Waals surface area contributed by atoms with Crippen molar-refractivity contribution in [3.05, 3.63) is 51.7 Å². The molecule has 6 nitrogen and oxygen atoms in total. The largest absolute Gasteiger partial charge is 0.476 e. The molecular weight excluding hydrogens is 347 g/mol. The zero-order chi connectivity index (χ0) is 17.9. The number of carboxylic acid groups (broad SMARTS) is 1. The minimum absolute atomic E-state index is 0.0337. The molecule has 0 unspecified atom stereocenters. The maximum atomic E-state index is 13.2. The van der Waals surface area contributed by atoms with Crippen molar-refractivity contribution in [3.63, 3.8) is 0 Å². The number of hydrogen-bond acceptors (Lipinski definition) is 5. The molecule has 132 valence electrons. The van der Waals surface area contributed by atoms with E-state index < -0.39 is 11.4 Å². The number of halogens is 1. The van der Waals surface area contributed by atoms with Crippen LogP contribution in [0.4, 0.5) is 4.39 Å². The summed E-state index contributed by atoms with van der Waals surface area (Å²) in [4.78, 5) is 27.8. The van der Waals surface area contributed by atoms with Crippen LogP contribution in [0.25, 0.3) is 0 Å². The fourth-order valence-corrected chi connectivity index (χ4v) is 3.66. The Kier molecular flexibility index (Phi) is 5.10. The van der Waals surface area contributed by atoms with Gasteiger partial charge in [0.2, 0.25) is 5.91 Å². The van der Waals surface area contributed by atoms with Crippen LogP contribution in [0.1, 0.15) is 33.9 Å². The molecule has 0 radical (unpaired) electrons. The van der Waals surface area contributed by atoms with Crippen molar-refractivity contribution in [2.24, 2.45) is 0 Å². The predicted octanol–water partition coefficient (Wildman–Crippen LogP) is 2.35. The molecular formula is C17H17FN2O4S. The monoisotopic (exact) mass is 364 g/mol. The number of carbonyl (C=O) groups is 2. The van der Waals surface area contributed by atoms with Gasteiger partial charge in [-0.05, 0) is 30.5 Å². The predicted molar refractivity (Wildman–Crippen MR) is 89.1 cm³/mol. The number of carbonyl (C=O) groups excluding carboxylic acids is 1. The van der Waals surface area contributed by atoms with Crippen molar-refractivity contribution >= 4 is 23.2 Å². The molecule has 1 fully saturated rings. The minimum atomic E-state index is -1.10. The van der Waals surface area contributed by atoms with Crippen LogP contribution in [0, 0.1) is 5.82 Å². The van der Waals surface area contributed by atoms with E-state index in [4.69, 9.17) is 9.84 Å². The highest BCUT2D eigenvalue weighted by Gasteiger charge is 2.41. The molecule has 1 aliphatic rings. The van der Waals surface area contributed by atoms with Crippen LogP contribution in [-0.2, 0) is 21.5 Å². The second-order valence-corrected chi connectivity index (χ2v) is 6.76. The molecule has 25 heavy (non-hydrogen) atoms. The van der Waals surface area contributed by atoms with Gasteiger partial charge in [-0.2, -0.15) is 0 Å². The zero-order valence-electron chi connectivity index (χ0n) is 13.3. The number of aromatic nitrogens is 1. The first-order valence-corrected chi connectivity index (χ1v) is 8.69. The van der Waals surface area contributed by atoms with E-state index in [0.29, 0.717) is 31.1 Å². The summed E-state index contributed by atoms with van der Waals surface area (Å²) in [6, 6.07) is 5.96. The fourth-order valence-electron chi connectivity index (χ4n) is 2.95. The lowest BCUT2D eigenvalue weighted by molar-refractivity contribution is -0.130. The maximum absolute atomic E-state index is 13.2. The molecule has 1 aromatic carbocycles. The Balaban J connectivity index is 1.77. The fraction of sp³-hybridized carbons (Fsp3) is 0.353. The second-order valence-electron chi connectivity index (χ2n) is 5.82. The number of amides is 1. The Morgan fingerprint density at radius 2 is 1.96 bits per heavy atom. The van der Waals surface area contributed by atoms with E-state index in [1.54, 1.807) is 12.1 Å². The van der Waals surface area contributed by atoms with E-state index in [1.165, 1.54) is 28.8 Å². The van der Waals surface area contributed by atoms with Gasteiger partial charge in [0, 0.05) is 18.6 Å². The van der Waals surface area contributed by atoms with Crippen LogP contribution in [0.3, 0.4) is 0 Å². The number of rotatable bonds is 5. The number of ether oxygens (including phenoxy) is 1. The number of nitrogens with one attached hydrogen (secondary N) is 1. The lowest BCUT2D eigenvalue weighted by Crippen LogP contribution is -2.47. The Morgan fingerprint density at radius 3 is 2.56 bits per heavy atom. The van der Waals surface area contributed by atoms with Crippen molar-refractivity contribution in [3.8, 4) is 0 Å². The van der Waals surface area contributed by atoms with Gasteiger partial charge in [-0.3, -0.25) is 4.79 Å². The average Bonchev–Trinajstić information content (AvgIpc) is 3.10.